The van der Waals surface area contributed by atoms with Gasteiger partial charge in [-0.15, -0.1) is 11.8 Å². The molecule has 0 aromatic heterocycles. The first-order valence-corrected chi connectivity index (χ1v) is 9.94. The van der Waals surface area contributed by atoms with E-state index in [1.54, 1.807) is 11.8 Å². The van der Waals surface area contributed by atoms with Crippen molar-refractivity contribution in [1.82, 2.24) is 5.32 Å². The molecule has 18 heavy (non-hydrogen) atoms. The lowest BCUT2D eigenvalue weighted by atomic mass is 10.5. The number of rotatable bonds is 10. The highest BCUT2D eigenvalue weighted by Gasteiger charge is 2.39. The molecule has 108 valence electrons. The summed E-state index contributed by atoms with van der Waals surface area (Å²) in [7, 11) is -2.47. The third-order valence-electron chi connectivity index (χ3n) is 2.21. The zero-order valence-corrected chi connectivity index (χ0v) is 14.4. The third kappa shape index (κ3) is 7.70. The monoisotopic (exact) mass is 311 g/mol. The zero-order chi connectivity index (χ0) is 13.9. The summed E-state index contributed by atoms with van der Waals surface area (Å²) in [6.45, 7) is 8.64. The molecule has 0 amide bonds. The summed E-state index contributed by atoms with van der Waals surface area (Å²) >= 11 is 6.64. The lowest BCUT2D eigenvalue weighted by Crippen LogP contribution is -2.46. The average molecular weight is 312 g/mol. The second-order valence-electron chi connectivity index (χ2n) is 3.50. The summed E-state index contributed by atoms with van der Waals surface area (Å²) in [5.41, 5.74) is 0. The molecule has 0 saturated heterocycles. The lowest BCUT2D eigenvalue weighted by molar-refractivity contribution is 0.0709. The molecule has 0 radical (unpaired) electrons. The van der Waals surface area contributed by atoms with Crippen LogP contribution in [0.25, 0.3) is 0 Å². The van der Waals surface area contributed by atoms with E-state index in [0.717, 1.165) is 23.3 Å². The van der Waals surface area contributed by atoms with Gasteiger partial charge in [0.25, 0.3) is 0 Å². The maximum atomic E-state index is 5.77. The van der Waals surface area contributed by atoms with Gasteiger partial charge >= 0.3 is 8.80 Å². The normalized spacial score (nSPS) is 11.6. The van der Waals surface area contributed by atoms with Gasteiger partial charge in [-0.3, -0.25) is 0 Å². The van der Waals surface area contributed by atoms with Crippen molar-refractivity contribution in [2.45, 2.75) is 33.2 Å². The minimum Gasteiger partial charge on any atom is -0.374 e. The van der Waals surface area contributed by atoms with Crippen LogP contribution in [-0.4, -0.2) is 45.7 Å². The van der Waals surface area contributed by atoms with Crippen molar-refractivity contribution in [1.29, 1.82) is 0 Å². The molecular weight excluding hydrogens is 286 g/mol. The van der Waals surface area contributed by atoms with Crippen LogP contribution >= 0.6 is 24.0 Å². The number of hydrogen-bond acceptors (Lipinski definition) is 5. The molecule has 0 spiro atoms. The van der Waals surface area contributed by atoms with Crippen LogP contribution in [0.1, 0.15) is 27.2 Å². The van der Waals surface area contributed by atoms with E-state index in [-0.39, 0.29) is 0 Å². The van der Waals surface area contributed by atoms with Gasteiger partial charge in [0.05, 0.1) is 0 Å². The topological polar surface area (TPSA) is 39.7 Å². The number of thiocarbonyl (C=S) groups is 1. The van der Waals surface area contributed by atoms with Gasteiger partial charge in [-0.05, 0) is 33.4 Å². The van der Waals surface area contributed by atoms with E-state index in [4.69, 9.17) is 25.5 Å². The van der Waals surface area contributed by atoms with Crippen molar-refractivity contribution in [3.63, 3.8) is 0 Å². The van der Waals surface area contributed by atoms with E-state index < -0.39 is 8.80 Å². The Balaban J connectivity index is 4.16. The Hall–Kier alpha value is 0.337. The Morgan fingerprint density at radius 1 is 1.11 bits per heavy atom. The van der Waals surface area contributed by atoms with Crippen molar-refractivity contribution in [3.8, 4) is 0 Å². The van der Waals surface area contributed by atoms with Gasteiger partial charge < -0.3 is 18.6 Å². The molecule has 0 aromatic rings. The van der Waals surface area contributed by atoms with Gasteiger partial charge in [0.1, 0.15) is 4.32 Å². The first-order valence-electron chi connectivity index (χ1n) is 6.37. The Morgan fingerprint density at radius 3 is 2.00 bits per heavy atom. The van der Waals surface area contributed by atoms with Crippen LogP contribution in [0.5, 0.6) is 0 Å². The van der Waals surface area contributed by atoms with Crippen LogP contribution in [-0.2, 0) is 13.3 Å². The highest BCUT2D eigenvalue weighted by Crippen LogP contribution is 2.17. The zero-order valence-electron chi connectivity index (χ0n) is 11.8. The van der Waals surface area contributed by atoms with Gasteiger partial charge in [-0.1, -0.05) is 12.2 Å². The standard InChI is InChI=1S/C11H25NO3S2Si/c1-5-13-18(14-6-2,15-7-3)10-8-9-12-11(16)17-4/h5-10H2,1-4H3,(H,12,16). The fourth-order valence-corrected chi connectivity index (χ4v) is 4.53. The maximum absolute atomic E-state index is 5.77. The van der Waals surface area contributed by atoms with E-state index in [0.29, 0.717) is 19.8 Å². The molecule has 0 bridgehead atoms. The molecule has 1 N–H and O–H groups in total. The van der Waals surface area contributed by atoms with E-state index in [1.807, 2.05) is 27.0 Å². The minimum absolute atomic E-state index is 0.628. The smallest absolute Gasteiger partial charge is 0.374 e. The molecule has 0 fully saturated rings. The quantitative estimate of drug-likeness (QED) is 0.380. The van der Waals surface area contributed by atoms with Gasteiger partial charge in [0.2, 0.25) is 0 Å². The van der Waals surface area contributed by atoms with Gasteiger partial charge in [-0.2, -0.15) is 0 Å². The van der Waals surface area contributed by atoms with Gasteiger partial charge in [0, 0.05) is 32.4 Å². The fourth-order valence-electron chi connectivity index (χ4n) is 1.57. The van der Waals surface area contributed by atoms with Crippen LogP contribution in [0, 0.1) is 0 Å². The summed E-state index contributed by atoms with van der Waals surface area (Å²) in [5, 5.41) is 3.18. The lowest BCUT2D eigenvalue weighted by Gasteiger charge is -2.28. The molecular formula is C11H25NO3S2Si. The summed E-state index contributed by atoms with van der Waals surface area (Å²) in [6.07, 6.45) is 2.90. The second-order valence-corrected chi connectivity index (χ2v) is 7.72. The van der Waals surface area contributed by atoms with Crippen molar-refractivity contribution in [3.05, 3.63) is 0 Å². The fraction of sp³-hybridized carbons (Fsp3) is 0.909. The Labute approximate surface area is 122 Å². The third-order valence-corrected chi connectivity index (χ3v) is 6.52. The molecule has 0 aliphatic carbocycles. The Bertz CT molecular complexity index is 215. The predicted octanol–water partition coefficient (Wildman–Crippen LogP) is 2.66. The first-order chi connectivity index (χ1) is 8.64. The average Bonchev–Trinajstić information content (AvgIpc) is 2.35. The molecule has 0 rings (SSSR count). The van der Waals surface area contributed by atoms with Crippen molar-refractivity contribution >= 4 is 37.1 Å². The van der Waals surface area contributed by atoms with Crippen LogP contribution in [0.4, 0.5) is 0 Å². The molecule has 0 aliphatic heterocycles. The number of thioether (sulfide) groups is 1. The Morgan fingerprint density at radius 2 is 1.61 bits per heavy atom. The van der Waals surface area contributed by atoms with E-state index in [2.05, 4.69) is 5.32 Å². The highest BCUT2D eigenvalue weighted by atomic mass is 32.2. The van der Waals surface area contributed by atoms with Crippen LogP contribution in [0.3, 0.4) is 0 Å². The highest BCUT2D eigenvalue weighted by molar-refractivity contribution is 8.22. The van der Waals surface area contributed by atoms with E-state index >= 15 is 0 Å². The molecule has 0 aliphatic rings. The molecule has 0 aromatic carbocycles. The molecule has 0 atom stereocenters. The van der Waals surface area contributed by atoms with Crippen LogP contribution in [0.2, 0.25) is 6.04 Å². The summed E-state index contributed by atoms with van der Waals surface area (Å²) in [4.78, 5) is 0. The predicted molar refractivity (Wildman–Crippen MR) is 84.2 cm³/mol. The molecule has 0 unspecified atom stereocenters. The van der Waals surface area contributed by atoms with Gasteiger partial charge in [-0.25, -0.2) is 0 Å². The van der Waals surface area contributed by atoms with Crippen molar-refractivity contribution in [2.75, 3.05) is 32.6 Å². The van der Waals surface area contributed by atoms with Crippen LogP contribution in [0.15, 0.2) is 0 Å². The Kier molecular flexibility index (Phi) is 11.4. The van der Waals surface area contributed by atoms with Gasteiger partial charge in [0.15, 0.2) is 0 Å². The SMILES string of the molecule is CCO[Si](CCCNC(=S)SC)(OCC)OCC. The van der Waals surface area contributed by atoms with Crippen LogP contribution < -0.4 is 5.32 Å². The number of nitrogens with one attached hydrogen (secondary N) is 1. The molecule has 7 heteroatoms. The molecule has 0 saturated carbocycles. The van der Waals surface area contributed by atoms with E-state index in [9.17, 15) is 0 Å². The summed E-state index contributed by atoms with van der Waals surface area (Å²) < 4.78 is 18.1. The van der Waals surface area contributed by atoms with Crippen molar-refractivity contribution in [2.24, 2.45) is 0 Å². The maximum Gasteiger partial charge on any atom is 0.500 e. The largest absolute Gasteiger partial charge is 0.500 e. The summed E-state index contributed by atoms with van der Waals surface area (Å²) in [5.74, 6) is 0. The first kappa shape index (κ1) is 18.3. The second kappa shape index (κ2) is 11.2. The molecule has 4 nitrogen and oxygen atoms in total. The van der Waals surface area contributed by atoms with Crippen molar-refractivity contribution < 1.29 is 13.3 Å². The minimum atomic E-state index is -2.47. The number of hydrogen-bond donors (Lipinski definition) is 1. The summed E-state index contributed by atoms with van der Waals surface area (Å²) in [6, 6.07) is 0.826. The van der Waals surface area contributed by atoms with E-state index in [1.165, 1.54) is 0 Å². The molecule has 0 heterocycles.